The van der Waals surface area contributed by atoms with Crippen LogP contribution in [0.1, 0.15) is 35.0 Å². The summed E-state index contributed by atoms with van der Waals surface area (Å²) in [7, 11) is 0. The Morgan fingerprint density at radius 1 is 1.35 bits per heavy atom. The Morgan fingerprint density at radius 2 is 2.19 bits per heavy atom. The van der Waals surface area contributed by atoms with Crippen molar-refractivity contribution in [3.8, 4) is 0 Å². The molecule has 1 aromatic carbocycles. The molecule has 132 valence electrons. The van der Waals surface area contributed by atoms with E-state index in [0.29, 0.717) is 28.7 Å². The molecule has 9 heteroatoms. The van der Waals surface area contributed by atoms with Crippen LogP contribution in [0.4, 0.5) is 5.69 Å². The van der Waals surface area contributed by atoms with Gasteiger partial charge in [0.1, 0.15) is 0 Å². The van der Waals surface area contributed by atoms with Gasteiger partial charge in [0, 0.05) is 30.5 Å². The molecule has 1 aliphatic rings. The third-order valence-electron chi connectivity index (χ3n) is 4.26. The number of carbonyl (C=O) groups is 1. The number of nitrogens with zero attached hydrogens (tertiary/aromatic N) is 5. The fourth-order valence-electron chi connectivity index (χ4n) is 3.02. The van der Waals surface area contributed by atoms with Crippen molar-refractivity contribution in [2.24, 2.45) is 5.92 Å². The number of hydrogen-bond donors (Lipinski definition) is 0. The second-order valence-electron chi connectivity index (χ2n) is 6.39. The van der Waals surface area contributed by atoms with Crippen LogP contribution in [0.5, 0.6) is 0 Å². The zero-order valence-corrected chi connectivity index (χ0v) is 14.8. The van der Waals surface area contributed by atoms with E-state index in [-0.39, 0.29) is 17.4 Å². The van der Waals surface area contributed by atoms with Gasteiger partial charge in [-0.3, -0.25) is 14.9 Å². The highest BCUT2D eigenvalue weighted by atomic mass is 32.2. The minimum atomic E-state index is -0.413. The minimum absolute atomic E-state index is 0.0630. The Morgan fingerprint density at radius 3 is 3.00 bits per heavy atom. The summed E-state index contributed by atoms with van der Waals surface area (Å²) in [6, 6.07) is 6.49. The molecule has 8 nitrogen and oxygen atoms in total. The minimum Gasteiger partial charge on any atom is -0.294 e. The molecule has 0 bridgehead atoms. The standard InChI is InChI=1S/C17H15N5O3S/c1-10-5-14-13(15(23)6-10)8-21-16(18-14)19-17(20-21)26-9-11-3-2-4-12(7-11)22(24)25/h2-4,7-8,10H,5-6,9H2,1H3/t10-/m0/s1. The first-order chi connectivity index (χ1) is 12.5. The normalized spacial score (nSPS) is 16.7. The van der Waals surface area contributed by atoms with E-state index in [1.54, 1.807) is 18.3 Å². The Bertz CT molecular complexity index is 1030. The first kappa shape index (κ1) is 16.6. The van der Waals surface area contributed by atoms with Crippen molar-refractivity contribution >= 4 is 29.0 Å². The fourth-order valence-corrected chi connectivity index (χ4v) is 3.79. The second kappa shape index (κ2) is 6.49. The van der Waals surface area contributed by atoms with Crippen LogP contribution in [0.25, 0.3) is 5.78 Å². The van der Waals surface area contributed by atoms with E-state index >= 15 is 0 Å². The summed E-state index contributed by atoms with van der Waals surface area (Å²) < 4.78 is 1.53. The van der Waals surface area contributed by atoms with Crippen molar-refractivity contribution in [3.63, 3.8) is 0 Å². The van der Waals surface area contributed by atoms with E-state index in [4.69, 9.17) is 0 Å². The van der Waals surface area contributed by atoms with Crippen LogP contribution in [0, 0.1) is 16.0 Å². The molecule has 4 rings (SSSR count). The maximum absolute atomic E-state index is 12.2. The summed E-state index contributed by atoms with van der Waals surface area (Å²) in [6.45, 7) is 2.04. The van der Waals surface area contributed by atoms with Gasteiger partial charge in [-0.1, -0.05) is 30.8 Å². The van der Waals surface area contributed by atoms with Crippen molar-refractivity contribution in [2.75, 3.05) is 0 Å². The highest BCUT2D eigenvalue weighted by molar-refractivity contribution is 7.98. The van der Waals surface area contributed by atoms with Crippen LogP contribution < -0.4 is 0 Å². The zero-order valence-electron chi connectivity index (χ0n) is 14.0. The number of nitro groups is 1. The Balaban J connectivity index is 1.57. The fraction of sp³-hybridized carbons (Fsp3) is 0.294. The van der Waals surface area contributed by atoms with Crippen molar-refractivity contribution in [1.29, 1.82) is 0 Å². The van der Waals surface area contributed by atoms with E-state index in [0.717, 1.165) is 17.7 Å². The lowest BCUT2D eigenvalue weighted by Gasteiger charge is -2.18. The monoisotopic (exact) mass is 369 g/mol. The summed E-state index contributed by atoms with van der Waals surface area (Å²) in [4.78, 5) is 31.5. The Labute approximate surface area is 152 Å². The molecular weight excluding hydrogens is 354 g/mol. The van der Waals surface area contributed by atoms with Gasteiger partial charge in [-0.2, -0.15) is 4.98 Å². The molecule has 3 aromatic rings. The number of rotatable bonds is 4. The molecule has 0 radical (unpaired) electrons. The molecule has 1 aliphatic carbocycles. The number of Topliss-reactive ketones (excluding diaryl/α,β-unsaturated/α-hetero) is 1. The van der Waals surface area contributed by atoms with Crippen LogP contribution in [-0.2, 0) is 12.2 Å². The third-order valence-corrected chi connectivity index (χ3v) is 5.17. The summed E-state index contributed by atoms with van der Waals surface area (Å²) in [5.41, 5.74) is 2.28. The number of nitro benzene ring substituents is 1. The van der Waals surface area contributed by atoms with Gasteiger partial charge in [-0.25, -0.2) is 9.50 Å². The van der Waals surface area contributed by atoms with Crippen LogP contribution in [-0.4, -0.2) is 30.3 Å². The number of thioether (sulfide) groups is 1. The van der Waals surface area contributed by atoms with Crippen molar-refractivity contribution in [3.05, 3.63) is 57.4 Å². The van der Waals surface area contributed by atoms with Crippen molar-refractivity contribution < 1.29 is 9.72 Å². The van der Waals surface area contributed by atoms with Crippen molar-refractivity contribution in [1.82, 2.24) is 19.6 Å². The van der Waals surface area contributed by atoms with Gasteiger partial charge in [0.2, 0.25) is 5.16 Å². The summed E-state index contributed by atoms with van der Waals surface area (Å²) >= 11 is 1.37. The molecule has 2 heterocycles. The molecule has 0 N–H and O–H groups in total. The number of aromatic nitrogens is 4. The number of fused-ring (bicyclic) bond motifs is 2. The molecule has 0 fully saturated rings. The average molecular weight is 369 g/mol. The molecule has 0 spiro atoms. The Hall–Kier alpha value is -2.81. The van der Waals surface area contributed by atoms with Gasteiger partial charge in [0.25, 0.3) is 11.5 Å². The highest BCUT2D eigenvalue weighted by Gasteiger charge is 2.25. The molecular formula is C17H15N5O3S. The number of carbonyl (C=O) groups excluding carboxylic acids is 1. The highest BCUT2D eigenvalue weighted by Crippen LogP contribution is 2.26. The van der Waals surface area contributed by atoms with E-state index in [1.165, 1.54) is 22.3 Å². The van der Waals surface area contributed by atoms with Gasteiger partial charge in [-0.05, 0) is 17.9 Å². The predicted octanol–water partition coefficient (Wildman–Crippen LogP) is 3.09. The molecule has 0 aliphatic heterocycles. The molecule has 0 unspecified atom stereocenters. The largest absolute Gasteiger partial charge is 0.294 e. The lowest BCUT2D eigenvalue weighted by molar-refractivity contribution is -0.384. The molecule has 2 aromatic heterocycles. The van der Waals surface area contributed by atoms with Gasteiger partial charge < -0.3 is 0 Å². The molecule has 26 heavy (non-hydrogen) atoms. The van der Waals surface area contributed by atoms with E-state index in [1.807, 2.05) is 13.0 Å². The lowest BCUT2D eigenvalue weighted by atomic mass is 9.88. The average Bonchev–Trinajstić information content (AvgIpc) is 3.00. The number of benzene rings is 1. The second-order valence-corrected chi connectivity index (χ2v) is 7.34. The number of hydrogen-bond acceptors (Lipinski definition) is 7. The quantitative estimate of drug-likeness (QED) is 0.395. The molecule has 1 atom stereocenters. The molecule has 0 amide bonds. The van der Waals surface area contributed by atoms with Gasteiger partial charge >= 0.3 is 0 Å². The maximum atomic E-state index is 12.2. The van der Waals surface area contributed by atoms with Crippen LogP contribution in [0.2, 0.25) is 0 Å². The van der Waals surface area contributed by atoms with E-state index in [2.05, 4.69) is 15.1 Å². The third kappa shape index (κ3) is 3.17. The Kier molecular flexibility index (Phi) is 4.15. The summed E-state index contributed by atoms with van der Waals surface area (Å²) in [5.74, 6) is 1.35. The molecule has 0 saturated carbocycles. The first-order valence-electron chi connectivity index (χ1n) is 8.15. The topological polar surface area (TPSA) is 103 Å². The lowest BCUT2D eigenvalue weighted by Crippen LogP contribution is -2.20. The number of ketones is 1. The number of non-ortho nitro benzene ring substituents is 1. The van der Waals surface area contributed by atoms with Crippen LogP contribution in [0.15, 0.2) is 35.6 Å². The van der Waals surface area contributed by atoms with Crippen LogP contribution in [0.3, 0.4) is 0 Å². The maximum Gasteiger partial charge on any atom is 0.269 e. The summed E-state index contributed by atoms with van der Waals surface area (Å²) in [6.07, 6.45) is 3.00. The van der Waals surface area contributed by atoms with Gasteiger partial charge in [0.05, 0.1) is 16.2 Å². The van der Waals surface area contributed by atoms with E-state index < -0.39 is 4.92 Å². The van der Waals surface area contributed by atoms with E-state index in [9.17, 15) is 14.9 Å². The van der Waals surface area contributed by atoms with Crippen LogP contribution >= 0.6 is 11.8 Å². The summed E-state index contributed by atoms with van der Waals surface area (Å²) in [5, 5.41) is 15.7. The smallest absolute Gasteiger partial charge is 0.269 e. The zero-order chi connectivity index (χ0) is 18.3. The van der Waals surface area contributed by atoms with Gasteiger partial charge in [-0.15, -0.1) is 5.10 Å². The van der Waals surface area contributed by atoms with Gasteiger partial charge in [0.15, 0.2) is 5.78 Å². The predicted molar refractivity (Wildman–Crippen MR) is 95.3 cm³/mol. The van der Waals surface area contributed by atoms with Crippen molar-refractivity contribution in [2.45, 2.75) is 30.7 Å². The molecule has 0 saturated heterocycles. The first-order valence-corrected chi connectivity index (χ1v) is 9.14. The SMILES string of the molecule is C[C@@H]1CC(=O)c2cn3nc(SCc4cccc([N+](=O)[O-])c4)nc3nc2C1.